The van der Waals surface area contributed by atoms with Gasteiger partial charge in [0.05, 0.1) is 10.6 Å². The van der Waals surface area contributed by atoms with Crippen LogP contribution in [0.4, 0.5) is 5.69 Å². The van der Waals surface area contributed by atoms with Crippen molar-refractivity contribution in [2.45, 2.75) is 44.9 Å². The number of hydrogen-bond donors (Lipinski definition) is 2. The van der Waals surface area contributed by atoms with Crippen molar-refractivity contribution in [3.8, 4) is 0 Å². The quantitative estimate of drug-likeness (QED) is 0.798. The Kier molecular flexibility index (Phi) is 10.8. The molecule has 3 rings (SSSR count). The van der Waals surface area contributed by atoms with Crippen LogP contribution in [-0.2, 0) is 0 Å². The second-order valence-corrected chi connectivity index (χ2v) is 7.51. The first-order valence-corrected chi connectivity index (χ1v) is 9.99. The maximum absolute atomic E-state index is 12.7. The summed E-state index contributed by atoms with van der Waals surface area (Å²) in [4.78, 5) is 15.0. The highest BCUT2D eigenvalue weighted by Crippen LogP contribution is 2.25. The summed E-state index contributed by atoms with van der Waals surface area (Å²) in [6, 6.07) is 5.79. The number of hydrogen-bond acceptors (Lipinski definition) is 3. The molecule has 5 heteroatoms. The minimum absolute atomic E-state index is 0. The first-order valence-electron chi connectivity index (χ1n) is 9.61. The monoisotopic (exact) mass is 390 g/mol. The Morgan fingerprint density at radius 2 is 1.67 bits per heavy atom. The summed E-state index contributed by atoms with van der Waals surface area (Å²) in [5.74, 6) is 1.42. The molecule has 5 radical (unpaired) electrons. The van der Waals surface area contributed by atoms with Gasteiger partial charge in [0.25, 0.3) is 5.91 Å². The van der Waals surface area contributed by atoms with Crippen molar-refractivity contribution in [3.63, 3.8) is 0 Å². The molecule has 1 saturated carbocycles. The highest BCUT2D eigenvalue weighted by molar-refractivity contribution is 6.34. The molecule has 0 bridgehead atoms. The predicted octanol–water partition coefficient (Wildman–Crippen LogP) is 4.45. The summed E-state index contributed by atoms with van der Waals surface area (Å²) < 4.78 is 0. The molecule has 2 N–H and O–H groups in total. The molecule has 2 fully saturated rings. The van der Waals surface area contributed by atoms with E-state index in [1.54, 1.807) is 0 Å². The lowest BCUT2D eigenvalue weighted by Gasteiger charge is -2.29. The van der Waals surface area contributed by atoms with Gasteiger partial charge in [0.1, 0.15) is 0 Å². The van der Waals surface area contributed by atoms with Crippen LogP contribution < -0.4 is 15.5 Å². The lowest BCUT2D eigenvalue weighted by molar-refractivity contribution is 0.0954. The highest BCUT2D eigenvalue weighted by Gasteiger charge is 2.18. The number of carbonyl (C=O) groups is 1. The Labute approximate surface area is 171 Å². The summed E-state index contributed by atoms with van der Waals surface area (Å²) in [7, 11) is 0. The van der Waals surface area contributed by atoms with Crippen LogP contribution in [0.25, 0.3) is 0 Å². The van der Waals surface area contributed by atoms with Crippen LogP contribution in [0.5, 0.6) is 0 Å². The normalized spacial score (nSPS) is 18.5. The largest absolute Gasteiger partial charge is 0.369 e. The topological polar surface area (TPSA) is 44.4 Å². The summed E-state index contributed by atoms with van der Waals surface area (Å²) in [5, 5.41) is 6.97. The minimum atomic E-state index is -0.0588. The number of halogens is 1. The van der Waals surface area contributed by atoms with E-state index in [4.69, 9.17) is 11.6 Å². The molecule has 0 aromatic heterocycles. The van der Waals surface area contributed by atoms with Gasteiger partial charge in [0, 0.05) is 38.4 Å². The van der Waals surface area contributed by atoms with Crippen molar-refractivity contribution >= 4 is 23.2 Å². The van der Waals surface area contributed by atoms with Gasteiger partial charge in [-0.3, -0.25) is 4.79 Å². The Morgan fingerprint density at radius 3 is 2.33 bits per heavy atom. The fraction of sp³-hybridized carbons (Fsp3) is 0.545. The van der Waals surface area contributed by atoms with E-state index in [9.17, 15) is 4.79 Å². The lowest BCUT2D eigenvalue weighted by atomic mass is 9.91. The zero-order valence-electron chi connectivity index (χ0n) is 16.4. The average Bonchev–Trinajstić information content (AvgIpc) is 2.62. The van der Waals surface area contributed by atoms with Crippen LogP contribution in [0.3, 0.4) is 0 Å². The molecule has 0 atom stereocenters. The van der Waals surface area contributed by atoms with Gasteiger partial charge in [0.15, 0.2) is 0 Å². The Balaban J connectivity index is 0.00000182. The van der Waals surface area contributed by atoms with Gasteiger partial charge in [-0.2, -0.15) is 0 Å². The van der Waals surface area contributed by atoms with E-state index in [-0.39, 0.29) is 20.8 Å². The van der Waals surface area contributed by atoms with Crippen molar-refractivity contribution in [1.29, 1.82) is 0 Å². The molecule has 1 aliphatic heterocycles. The van der Waals surface area contributed by atoms with Gasteiger partial charge in [-0.1, -0.05) is 58.6 Å². The van der Waals surface area contributed by atoms with Crippen LogP contribution >= 0.6 is 11.6 Å². The number of piperazine rings is 1. The number of amides is 1. The first-order chi connectivity index (χ1) is 12.2. The van der Waals surface area contributed by atoms with E-state index < -0.39 is 0 Å². The molecule has 1 aromatic rings. The van der Waals surface area contributed by atoms with Crippen LogP contribution in [0.15, 0.2) is 18.2 Å². The number of anilines is 1. The van der Waals surface area contributed by atoms with E-state index in [0.717, 1.165) is 44.7 Å². The van der Waals surface area contributed by atoms with Crippen LogP contribution in [0.2, 0.25) is 5.02 Å². The Bertz CT molecular complexity index is 565. The molecule has 1 amide bonds. The SMILES string of the molecule is O=C(NC[C]1CCCCCCC1)c1cc(N2CCNCC2)ccc1Cl.[CH2].[CH2]. The van der Waals surface area contributed by atoms with Crippen molar-refractivity contribution in [1.82, 2.24) is 10.6 Å². The molecule has 1 aliphatic carbocycles. The Morgan fingerprint density at radius 1 is 1.04 bits per heavy atom. The highest BCUT2D eigenvalue weighted by atomic mass is 35.5. The average molecular weight is 391 g/mol. The Hall–Kier alpha value is -1.26. The molecule has 149 valence electrons. The van der Waals surface area contributed by atoms with Crippen molar-refractivity contribution in [2.75, 3.05) is 37.6 Å². The van der Waals surface area contributed by atoms with Gasteiger partial charge in [-0.15, -0.1) is 0 Å². The van der Waals surface area contributed by atoms with E-state index >= 15 is 0 Å². The van der Waals surface area contributed by atoms with Crippen molar-refractivity contribution in [2.24, 2.45) is 0 Å². The maximum Gasteiger partial charge on any atom is 0.252 e. The third kappa shape index (κ3) is 7.00. The fourth-order valence-corrected chi connectivity index (χ4v) is 3.89. The number of nitrogens with one attached hydrogen (secondary N) is 2. The molecule has 2 aliphatic rings. The smallest absolute Gasteiger partial charge is 0.252 e. The second kappa shape index (κ2) is 12.2. The van der Waals surface area contributed by atoms with Gasteiger partial charge < -0.3 is 15.5 Å². The summed E-state index contributed by atoms with van der Waals surface area (Å²) >= 11 is 6.30. The summed E-state index contributed by atoms with van der Waals surface area (Å²) in [6.07, 6.45) is 8.79. The number of nitrogens with zero attached hydrogens (tertiary/aromatic N) is 1. The molecule has 1 aromatic carbocycles. The fourth-order valence-electron chi connectivity index (χ4n) is 3.69. The van der Waals surface area contributed by atoms with Gasteiger partial charge in [-0.05, 0) is 37.0 Å². The predicted molar refractivity (Wildman–Crippen MR) is 115 cm³/mol. The van der Waals surface area contributed by atoms with E-state index in [2.05, 4.69) is 15.5 Å². The molecular formula is C22H33ClN3O. The van der Waals surface area contributed by atoms with Crippen LogP contribution in [0.1, 0.15) is 55.3 Å². The van der Waals surface area contributed by atoms with E-state index in [0.29, 0.717) is 17.1 Å². The third-order valence-electron chi connectivity index (χ3n) is 5.24. The first kappa shape index (κ1) is 23.8. The van der Waals surface area contributed by atoms with Crippen LogP contribution in [-0.4, -0.2) is 38.6 Å². The summed E-state index contributed by atoms with van der Waals surface area (Å²) in [5.41, 5.74) is 1.67. The maximum atomic E-state index is 12.7. The molecule has 1 saturated heterocycles. The molecule has 0 spiro atoms. The molecule has 0 unspecified atom stereocenters. The minimum Gasteiger partial charge on any atom is -0.369 e. The number of rotatable bonds is 4. The number of benzene rings is 1. The van der Waals surface area contributed by atoms with E-state index in [1.165, 1.54) is 38.0 Å². The summed E-state index contributed by atoms with van der Waals surface area (Å²) in [6.45, 7) is 4.55. The second-order valence-electron chi connectivity index (χ2n) is 7.10. The van der Waals surface area contributed by atoms with Crippen LogP contribution in [0, 0.1) is 20.8 Å². The van der Waals surface area contributed by atoms with E-state index in [1.807, 2.05) is 18.2 Å². The van der Waals surface area contributed by atoms with Crippen molar-refractivity contribution in [3.05, 3.63) is 49.6 Å². The standard InChI is InChI=1S/C20H29ClN3O.2CH2/c21-19-9-8-17(24-12-10-22-11-13-24)14-18(19)20(25)23-15-16-6-4-2-1-3-5-7-16;;/h8-9,14,22H,1-7,10-13,15H2,(H,23,25);2*1H2. The number of carbonyl (C=O) groups excluding carboxylic acids is 1. The molecular weight excluding hydrogens is 358 g/mol. The van der Waals surface area contributed by atoms with Gasteiger partial charge in [0.2, 0.25) is 0 Å². The zero-order valence-corrected chi connectivity index (χ0v) is 17.1. The third-order valence-corrected chi connectivity index (χ3v) is 5.57. The van der Waals surface area contributed by atoms with Gasteiger partial charge in [-0.25, -0.2) is 0 Å². The molecule has 27 heavy (non-hydrogen) atoms. The van der Waals surface area contributed by atoms with Gasteiger partial charge >= 0.3 is 0 Å². The molecule has 4 nitrogen and oxygen atoms in total. The zero-order chi connectivity index (χ0) is 17.5. The lowest BCUT2D eigenvalue weighted by Crippen LogP contribution is -2.43. The molecule has 1 heterocycles. The van der Waals surface area contributed by atoms with Crippen molar-refractivity contribution < 1.29 is 4.79 Å².